The van der Waals surface area contributed by atoms with Crippen LogP contribution >= 0.6 is 0 Å². The van der Waals surface area contributed by atoms with Crippen LogP contribution in [0.2, 0.25) is 0 Å². The van der Waals surface area contributed by atoms with E-state index in [2.05, 4.69) is 6.07 Å². The fourth-order valence-electron chi connectivity index (χ4n) is 1.41. The summed E-state index contributed by atoms with van der Waals surface area (Å²) in [5.74, 6) is 1.44. The molecular formula is C12H15NO2. The third kappa shape index (κ3) is 2.88. The summed E-state index contributed by atoms with van der Waals surface area (Å²) in [6.45, 7) is 1.90. The molecular weight excluding hydrogens is 190 g/mol. The van der Waals surface area contributed by atoms with Gasteiger partial charge in [-0.2, -0.15) is 5.26 Å². The molecule has 1 aromatic rings. The molecule has 0 radical (unpaired) electrons. The second kappa shape index (κ2) is 5.26. The minimum absolute atomic E-state index is 0.0168. The number of hydrogen-bond acceptors (Lipinski definition) is 3. The van der Waals surface area contributed by atoms with Gasteiger partial charge in [-0.3, -0.25) is 0 Å². The van der Waals surface area contributed by atoms with Crippen molar-refractivity contribution in [3.8, 4) is 17.6 Å². The van der Waals surface area contributed by atoms with Crippen molar-refractivity contribution in [3.63, 3.8) is 0 Å². The summed E-state index contributed by atoms with van der Waals surface area (Å²) in [5, 5.41) is 8.72. The summed E-state index contributed by atoms with van der Waals surface area (Å²) in [6.07, 6.45) is 0.733. The molecule has 3 nitrogen and oxygen atoms in total. The van der Waals surface area contributed by atoms with Gasteiger partial charge >= 0.3 is 0 Å². The van der Waals surface area contributed by atoms with Crippen LogP contribution in [0.4, 0.5) is 0 Å². The molecule has 0 aliphatic rings. The minimum Gasteiger partial charge on any atom is -0.493 e. The fraction of sp³-hybridized carbons (Fsp3) is 0.417. The first-order valence-corrected chi connectivity index (χ1v) is 4.81. The second-order valence-electron chi connectivity index (χ2n) is 3.42. The zero-order chi connectivity index (χ0) is 11.3. The fourth-order valence-corrected chi connectivity index (χ4v) is 1.41. The first-order chi connectivity index (χ1) is 7.21. The van der Waals surface area contributed by atoms with E-state index < -0.39 is 0 Å². The lowest BCUT2D eigenvalue weighted by Crippen LogP contribution is -1.98. The van der Waals surface area contributed by atoms with E-state index >= 15 is 0 Å². The molecule has 0 spiro atoms. The van der Waals surface area contributed by atoms with Crippen molar-refractivity contribution in [3.05, 3.63) is 23.8 Å². The van der Waals surface area contributed by atoms with Crippen LogP contribution in [0.3, 0.4) is 0 Å². The van der Waals surface area contributed by atoms with Gasteiger partial charge in [-0.25, -0.2) is 0 Å². The first-order valence-electron chi connectivity index (χ1n) is 4.81. The van der Waals surface area contributed by atoms with E-state index in [0.717, 1.165) is 12.0 Å². The number of nitrogens with zero attached hydrogens (tertiary/aromatic N) is 1. The smallest absolute Gasteiger partial charge is 0.160 e. The van der Waals surface area contributed by atoms with Crippen molar-refractivity contribution in [2.75, 3.05) is 14.2 Å². The molecule has 0 unspecified atom stereocenters. The predicted molar refractivity (Wildman–Crippen MR) is 58.0 cm³/mol. The van der Waals surface area contributed by atoms with Crippen molar-refractivity contribution in [2.24, 2.45) is 5.92 Å². The number of methoxy groups -OCH3 is 2. The van der Waals surface area contributed by atoms with Crippen LogP contribution in [0.15, 0.2) is 18.2 Å². The molecule has 1 aromatic carbocycles. The first kappa shape index (κ1) is 11.4. The summed E-state index contributed by atoms with van der Waals surface area (Å²) >= 11 is 0. The average Bonchev–Trinajstić information content (AvgIpc) is 2.28. The number of ether oxygens (including phenoxy) is 2. The molecule has 80 valence electrons. The maximum Gasteiger partial charge on any atom is 0.160 e. The van der Waals surface area contributed by atoms with Crippen LogP contribution < -0.4 is 9.47 Å². The van der Waals surface area contributed by atoms with Crippen LogP contribution in [0.25, 0.3) is 0 Å². The van der Waals surface area contributed by atoms with Crippen molar-refractivity contribution in [1.82, 2.24) is 0 Å². The van der Waals surface area contributed by atoms with Gasteiger partial charge in [0.15, 0.2) is 11.5 Å². The summed E-state index contributed by atoms with van der Waals surface area (Å²) in [7, 11) is 3.21. The lowest BCUT2D eigenvalue weighted by atomic mass is 10.0. The molecule has 0 aliphatic heterocycles. The Kier molecular flexibility index (Phi) is 3.99. The van der Waals surface area contributed by atoms with Crippen LogP contribution in [0.1, 0.15) is 12.5 Å². The average molecular weight is 205 g/mol. The van der Waals surface area contributed by atoms with Gasteiger partial charge in [-0.1, -0.05) is 6.07 Å². The third-order valence-corrected chi connectivity index (χ3v) is 2.21. The Bertz CT molecular complexity index is 368. The minimum atomic E-state index is 0.0168. The largest absolute Gasteiger partial charge is 0.493 e. The highest BCUT2D eigenvalue weighted by Crippen LogP contribution is 2.28. The molecule has 3 heteroatoms. The van der Waals surface area contributed by atoms with Gasteiger partial charge < -0.3 is 9.47 Å². The molecule has 0 saturated heterocycles. The topological polar surface area (TPSA) is 42.2 Å². The highest BCUT2D eigenvalue weighted by atomic mass is 16.5. The summed E-state index contributed by atoms with van der Waals surface area (Å²) in [6, 6.07) is 7.93. The highest BCUT2D eigenvalue weighted by molar-refractivity contribution is 5.43. The molecule has 1 atom stereocenters. The van der Waals surface area contributed by atoms with Crippen LogP contribution in [0, 0.1) is 17.2 Å². The maximum atomic E-state index is 8.72. The van der Waals surface area contributed by atoms with Gasteiger partial charge in [0.2, 0.25) is 0 Å². The molecule has 0 fully saturated rings. The van der Waals surface area contributed by atoms with E-state index in [-0.39, 0.29) is 5.92 Å². The molecule has 15 heavy (non-hydrogen) atoms. The molecule has 0 heterocycles. The van der Waals surface area contributed by atoms with E-state index in [1.165, 1.54) is 0 Å². The summed E-state index contributed by atoms with van der Waals surface area (Å²) in [5.41, 5.74) is 1.08. The van der Waals surface area contributed by atoms with Gasteiger partial charge in [-0.05, 0) is 31.0 Å². The van der Waals surface area contributed by atoms with E-state index in [1.54, 1.807) is 14.2 Å². The van der Waals surface area contributed by atoms with E-state index in [1.807, 2.05) is 25.1 Å². The van der Waals surface area contributed by atoms with Gasteiger partial charge in [0, 0.05) is 5.92 Å². The Morgan fingerprint density at radius 2 is 1.93 bits per heavy atom. The second-order valence-corrected chi connectivity index (χ2v) is 3.42. The quantitative estimate of drug-likeness (QED) is 0.758. The SMILES string of the molecule is COc1ccc(C[C@@H](C)C#N)cc1OC. The molecule has 0 saturated carbocycles. The Morgan fingerprint density at radius 3 is 2.47 bits per heavy atom. The van der Waals surface area contributed by atoms with E-state index in [4.69, 9.17) is 14.7 Å². The van der Waals surface area contributed by atoms with E-state index in [9.17, 15) is 0 Å². The molecule has 0 amide bonds. The molecule has 0 aromatic heterocycles. The van der Waals surface area contributed by atoms with E-state index in [0.29, 0.717) is 11.5 Å². The highest BCUT2D eigenvalue weighted by Gasteiger charge is 2.07. The van der Waals surface area contributed by atoms with Crippen molar-refractivity contribution >= 4 is 0 Å². The van der Waals surface area contributed by atoms with Crippen molar-refractivity contribution < 1.29 is 9.47 Å². The predicted octanol–water partition coefficient (Wildman–Crippen LogP) is 2.41. The maximum absolute atomic E-state index is 8.72. The van der Waals surface area contributed by atoms with Crippen LogP contribution in [0.5, 0.6) is 11.5 Å². The molecule has 1 rings (SSSR count). The Balaban J connectivity index is 2.89. The van der Waals surface area contributed by atoms with Gasteiger partial charge in [-0.15, -0.1) is 0 Å². The van der Waals surface area contributed by atoms with Crippen LogP contribution in [-0.2, 0) is 6.42 Å². The normalized spacial score (nSPS) is 11.6. The van der Waals surface area contributed by atoms with Gasteiger partial charge in [0.1, 0.15) is 0 Å². The van der Waals surface area contributed by atoms with Crippen molar-refractivity contribution in [1.29, 1.82) is 5.26 Å². The lowest BCUT2D eigenvalue weighted by molar-refractivity contribution is 0.354. The number of rotatable bonds is 4. The monoisotopic (exact) mass is 205 g/mol. The number of nitriles is 1. The number of benzene rings is 1. The molecule has 0 bridgehead atoms. The molecule has 0 aliphatic carbocycles. The zero-order valence-electron chi connectivity index (χ0n) is 9.28. The Labute approximate surface area is 90.2 Å². The summed E-state index contributed by atoms with van der Waals surface area (Å²) in [4.78, 5) is 0. The molecule has 0 N–H and O–H groups in total. The lowest BCUT2D eigenvalue weighted by Gasteiger charge is -2.09. The van der Waals surface area contributed by atoms with Crippen molar-refractivity contribution in [2.45, 2.75) is 13.3 Å². The van der Waals surface area contributed by atoms with Crippen LogP contribution in [-0.4, -0.2) is 14.2 Å². The Morgan fingerprint density at radius 1 is 1.27 bits per heavy atom. The standard InChI is InChI=1S/C12H15NO2/c1-9(8-13)6-10-4-5-11(14-2)12(7-10)15-3/h4-5,7,9H,6H2,1-3H3/t9-/m1/s1. The summed E-state index contributed by atoms with van der Waals surface area (Å²) < 4.78 is 10.3. The third-order valence-electron chi connectivity index (χ3n) is 2.21. The number of hydrogen-bond donors (Lipinski definition) is 0. The van der Waals surface area contributed by atoms with Gasteiger partial charge in [0.05, 0.1) is 20.3 Å². The van der Waals surface area contributed by atoms with Gasteiger partial charge in [0.25, 0.3) is 0 Å². The zero-order valence-corrected chi connectivity index (χ0v) is 9.28. The Hall–Kier alpha value is -1.69.